The van der Waals surface area contributed by atoms with E-state index in [0.717, 1.165) is 30.4 Å². The summed E-state index contributed by atoms with van der Waals surface area (Å²) < 4.78 is 0.837. The molecule has 0 atom stereocenters. The number of piperidine rings is 1. The lowest BCUT2D eigenvalue weighted by molar-refractivity contribution is -0.120. The molecule has 128 valence electrons. The van der Waals surface area contributed by atoms with Crippen LogP contribution in [0.5, 0.6) is 0 Å². The molecule has 1 heterocycles. The van der Waals surface area contributed by atoms with Crippen molar-refractivity contribution in [3.05, 3.63) is 34.3 Å². The van der Waals surface area contributed by atoms with Crippen LogP contribution in [0.3, 0.4) is 0 Å². The number of hydrogen-bond donors (Lipinski definition) is 3. The highest BCUT2D eigenvalue weighted by molar-refractivity contribution is 9.10. The molecule has 0 spiro atoms. The van der Waals surface area contributed by atoms with Gasteiger partial charge in [0.25, 0.3) is 5.91 Å². The van der Waals surface area contributed by atoms with E-state index in [2.05, 4.69) is 38.8 Å². The van der Waals surface area contributed by atoms with Crippen molar-refractivity contribution in [2.24, 2.45) is 5.41 Å². The maximum absolute atomic E-state index is 12.0. The molecule has 23 heavy (non-hydrogen) atoms. The average Bonchev–Trinajstić information content (AvgIpc) is 2.51. The molecule has 1 fully saturated rings. The molecular weight excluding hydrogens is 382 g/mol. The second-order valence-corrected chi connectivity index (χ2v) is 6.95. The molecule has 2 rings (SSSR count). The lowest BCUT2D eigenvalue weighted by Gasteiger charge is -2.34. The normalized spacial score (nSPS) is 16.1. The van der Waals surface area contributed by atoms with Gasteiger partial charge in [-0.25, -0.2) is 0 Å². The Labute approximate surface area is 151 Å². The zero-order valence-corrected chi connectivity index (χ0v) is 15.6. The second kappa shape index (κ2) is 9.25. The summed E-state index contributed by atoms with van der Waals surface area (Å²) in [5.41, 5.74) is 0.683. The van der Waals surface area contributed by atoms with Gasteiger partial charge in [-0.1, -0.05) is 28.9 Å². The van der Waals surface area contributed by atoms with Gasteiger partial charge in [-0.2, -0.15) is 0 Å². The minimum Gasteiger partial charge on any atom is -0.354 e. The summed E-state index contributed by atoms with van der Waals surface area (Å²) in [7, 11) is 0. The van der Waals surface area contributed by atoms with Crippen LogP contribution < -0.4 is 16.0 Å². The van der Waals surface area contributed by atoms with Crippen LogP contribution in [0, 0.1) is 5.41 Å². The standard InChI is InChI=1S/C16H22BrN3O2.ClH/c1-16(5-7-18-8-6-16)11-20-14(21)10-19-15(22)12-3-2-4-13(17)9-12;/h2-4,9,18H,5-8,10-11H2,1H3,(H,19,22)(H,20,21);1H. The molecule has 3 N–H and O–H groups in total. The van der Waals surface area contributed by atoms with Gasteiger partial charge in [0.1, 0.15) is 0 Å². The molecule has 1 aromatic carbocycles. The molecule has 2 amide bonds. The summed E-state index contributed by atoms with van der Waals surface area (Å²) >= 11 is 3.32. The number of halogens is 2. The molecule has 0 radical (unpaired) electrons. The Morgan fingerprint density at radius 2 is 1.96 bits per heavy atom. The predicted octanol–water partition coefficient (Wildman–Crippen LogP) is 2.11. The van der Waals surface area contributed by atoms with Crippen molar-refractivity contribution in [3.63, 3.8) is 0 Å². The fraction of sp³-hybridized carbons (Fsp3) is 0.500. The zero-order chi connectivity index (χ0) is 16.0. The Morgan fingerprint density at radius 3 is 2.61 bits per heavy atom. The SMILES string of the molecule is CC1(CNC(=O)CNC(=O)c2cccc(Br)c2)CCNCC1.Cl. The molecule has 7 heteroatoms. The van der Waals surface area contributed by atoms with Crippen LogP contribution in [0.15, 0.2) is 28.7 Å². The summed E-state index contributed by atoms with van der Waals surface area (Å²) in [6.45, 7) is 4.83. The molecule has 1 saturated heterocycles. The van der Waals surface area contributed by atoms with Crippen LogP contribution in [0.25, 0.3) is 0 Å². The topological polar surface area (TPSA) is 70.2 Å². The third-order valence-electron chi connectivity index (χ3n) is 4.02. The number of carbonyl (C=O) groups excluding carboxylic acids is 2. The van der Waals surface area contributed by atoms with Crippen LogP contribution in [-0.2, 0) is 4.79 Å². The molecule has 5 nitrogen and oxygen atoms in total. The monoisotopic (exact) mass is 403 g/mol. The van der Waals surface area contributed by atoms with E-state index in [1.165, 1.54) is 0 Å². The van der Waals surface area contributed by atoms with E-state index >= 15 is 0 Å². The minimum atomic E-state index is -0.246. The van der Waals surface area contributed by atoms with Gasteiger partial charge in [-0.05, 0) is 49.5 Å². The van der Waals surface area contributed by atoms with Gasteiger partial charge in [0.15, 0.2) is 0 Å². The smallest absolute Gasteiger partial charge is 0.251 e. The number of hydrogen-bond acceptors (Lipinski definition) is 3. The van der Waals surface area contributed by atoms with Gasteiger partial charge in [0.05, 0.1) is 6.54 Å². The Morgan fingerprint density at radius 1 is 1.26 bits per heavy atom. The van der Waals surface area contributed by atoms with Crippen molar-refractivity contribution >= 4 is 40.2 Å². The molecule has 0 aromatic heterocycles. The maximum Gasteiger partial charge on any atom is 0.251 e. The summed E-state index contributed by atoms with van der Waals surface area (Å²) in [6, 6.07) is 7.08. The number of amides is 2. The predicted molar refractivity (Wildman–Crippen MR) is 96.9 cm³/mol. The van der Waals surface area contributed by atoms with Crippen molar-refractivity contribution in [2.75, 3.05) is 26.2 Å². The number of benzene rings is 1. The molecule has 0 aliphatic carbocycles. The third-order valence-corrected chi connectivity index (χ3v) is 4.51. The van der Waals surface area contributed by atoms with Crippen molar-refractivity contribution in [3.8, 4) is 0 Å². The van der Waals surface area contributed by atoms with Crippen LogP contribution in [-0.4, -0.2) is 38.0 Å². The molecular formula is C16H23BrClN3O2. The average molecular weight is 405 g/mol. The molecule has 1 aliphatic heterocycles. The summed E-state index contributed by atoms with van der Waals surface area (Å²) in [5.74, 6) is -0.396. The minimum absolute atomic E-state index is 0. The highest BCUT2D eigenvalue weighted by atomic mass is 79.9. The number of carbonyl (C=O) groups is 2. The molecule has 0 unspecified atom stereocenters. The Bertz CT molecular complexity index is 548. The highest BCUT2D eigenvalue weighted by Crippen LogP contribution is 2.26. The van der Waals surface area contributed by atoms with Gasteiger partial charge >= 0.3 is 0 Å². The van der Waals surface area contributed by atoms with Crippen LogP contribution >= 0.6 is 28.3 Å². The van der Waals surface area contributed by atoms with Gasteiger partial charge in [0.2, 0.25) is 5.91 Å². The van der Waals surface area contributed by atoms with E-state index in [4.69, 9.17) is 0 Å². The first-order valence-corrected chi connectivity index (χ1v) is 8.29. The first-order chi connectivity index (χ1) is 10.5. The molecule has 0 saturated carbocycles. The van der Waals surface area contributed by atoms with Gasteiger partial charge < -0.3 is 16.0 Å². The quantitative estimate of drug-likeness (QED) is 0.704. The third kappa shape index (κ3) is 6.49. The Hall–Kier alpha value is -1.11. The van der Waals surface area contributed by atoms with Crippen molar-refractivity contribution in [1.82, 2.24) is 16.0 Å². The van der Waals surface area contributed by atoms with Crippen LogP contribution in [0.4, 0.5) is 0 Å². The highest BCUT2D eigenvalue weighted by Gasteiger charge is 2.26. The molecule has 0 bridgehead atoms. The van der Waals surface area contributed by atoms with Crippen molar-refractivity contribution in [1.29, 1.82) is 0 Å². The molecule has 1 aliphatic rings. The van der Waals surface area contributed by atoms with Gasteiger partial charge in [-0.15, -0.1) is 12.4 Å². The van der Waals surface area contributed by atoms with E-state index in [1.54, 1.807) is 18.2 Å². The largest absolute Gasteiger partial charge is 0.354 e. The fourth-order valence-electron chi connectivity index (χ4n) is 2.47. The van der Waals surface area contributed by atoms with Crippen LogP contribution in [0.2, 0.25) is 0 Å². The van der Waals surface area contributed by atoms with E-state index in [1.807, 2.05) is 6.07 Å². The van der Waals surface area contributed by atoms with E-state index in [-0.39, 0.29) is 36.2 Å². The van der Waals surface area contributed by atoms with E-state index < -0.39 is 0 Å². The van der Waals surface area contributed by atoms with Crippen molar-refractivity contribution in [2.45, 2.75) is 19.8 Å². The summed E-state index contributed by atoms with van der Waals surface area (Å²) in [6.07, 6.45) is 2.11. The van der Waals surface area contributed by atoms with Gasteiger partial charge in [-0.3, -0.25) is 9.59 Å². The molecule has 1 aromatic rings. The first kappa shape index (κ1) is 19.9. The van der Waals surface area contributed by atoms with Crippen LogP contribution in [0.1, 0.15) is 30.1 Å². The second-order valence-electron chi connectivity index (χ2n) is 6.03. The number of rotatable bonds is 5. The summed E-state index contributed by atoms with van der Waals surface area (Å²) in [4.78, 5) is 23.8. The zero-order valence-electron chi connectivity index (χ0n) is 13.2. The van der Waals surface area contributed by atoms with Gasteiger partial charge in [0, 0.05) is 16.6 Å². The number of nitrogens with one attached hydrogen (secondary N) is 3. The van der Waals surface area contributed by atoms with E-state index in [0.29, 0.717) is 12.1 Å². The van der Waals surface area contributed by atoms with E-state index in [9.17, 15) is 9.59 Å². The summed E-state index contributed by atoms with van der Waals surface area (Å²) in [5, 5.41) is 8.88. The Kier molecular flexibility index (Phi) is 8.02. The Balaban J connectivity index is 0.00000264. The lowest BCUT2D eigenvalue weighted by Crippen LogP contribution is -2.45. The first-order valence-electron chi connectivity index (χ1n) is 7.50. The maximum atomic E-state index is 12.0. The fourth-order valence-corrected chi connectivity index (χ4v) is 2.87. The lowest BCUT2D eigenvalue weighted by atomic mass is 9.81. The van der Waals surface area contributed by atoms with Crippen molar-refractivity contribution < 1.29 is 9.59 Å².